The highest BCUT2D eigenvalue weighted by Crippen LogP contribution is 2.40. The molecule has 4 heteroatoms. The number of phenolic OH excluding ortho intramolecular Hbond substituents is 1. The van der Waals surface area contributed by atoms with Crippen LogP contribution in [0.1, 0.15) is 10.4 Å². The first-order valence-corrected chi connectivity index (χ1v) is 10.3. The maximum Gasteiger partial charge on any atom is 0.150 e. The summed E-state index contributed by atoms with van der Waals surface area (Å²) in [4.78, 5) is 16.5. The monoisotopic (exact) mass is 416 g/mol. The molecule has 0 fully saturated rings. The van der Waals surface area contributed by atoms with Crippen LogP contribution >= 0.6 is 0 Å². The minimum absolute atomic E-state index is 0.0667. The molecule has 4 aromatic carbocycles. The number of imidazole rings is 1. The van der Waals surface area contributed by atoms with Crippen molar-refractivity contribution >= 4 is 6.29 Å². The van der Waals surface area contributed by atoms with Crippen LogP contribution in [-0.4, -0.2) is 20.9 Å². The number of hydrogen-bond donors (Lipinski definition) is 1. The third-order valence-electron chi connectivity index (χ3n) is 5.38. The largest absolute Gasteiger partial charge is 0.507 e. The van der Waals surface area contributed by atoms with Crippen molar-refractivity contribution in [3.8, 4) is 45.3 Å². The number of rotatable bonds is 5. The van der Waals surface area contributed by atoms with Crippen LogP contribution in [0.2, 0.25) is 0 Å². The Kier molecular flexibility index (Phi) is 5.10. The van der Waals surface area contributed by atoms with Crippen molar-refractivity contribution < 1.29 is 9.90 Å². The van der Waals surface area contributed by atoms with E-state index >= 15 is 0 Å². The highest BCUT2D eigenvalue weighted by atomic mass is 16.3. The van der Waals surface area contributed by atoms with Crippen LogP contribution in [0.4, 0.5) is 0 Å². The summed E-state index contributed by atoms with van der Waals surface area (Å²) >= 11 is 0. The lowest BCUT2D eigenvalue weighted by Crippen LogP contribution is -2.00. The molecule has 0 aliphatic carbocycles. The Bertz CT molecular complexity index is 1380. The summed E-state index contributed by atoms with van der Waals surface area (Å²) in [6, 6.07) is 34.8. The van der Waals surface area contributed by atoms with Gasteiger partial charge in [0.05, 0.1) is 17.0 Å². The van der Waals surface area contributed by atoms with E-state index in [4.69, 9.17) is 4.98 Å². The summed E-state index contributed by atoms with van der Waals surface area (Å²) in [5.41, 5.74) is 5.56. The van der Waals surface area contributed by atoms with Crippen molar-refractivity contribution in [2.45, 2.75) is 0 Å². The lowest BCUT2D eigenvalue weighted by atomic mass is 10.0. The lowest BCUT2D eigenvalue weighted by molar-refractivity contribution is 0.112. The Hall–Kier alpha value is -4.44. The number of benzene rings is 4. The summed E-state index contributed by atoms with van der Waals surface area (Å²) < 4.78 is 2.04. The minimum atomic E-state index is 0.0667. The second-order valence-corrected chi connectivity index (χ2v) is 7.43. The van der Waals surface area contributed by atoms with Gasteiger partial charge in [-0.2, -0.15) is 0 Å². The van der Waals surface area contributed by atoms with E-state index in [0.29, 0.717) is 17.0 Å². The zero-order valence-corrected chi connectivity index (χ0v) is 17.2. The molecule has 154 valence electrons. The summed E-state index contributed by atoms with van der Waals surface area (Å²) in [6.45, 7) is 0. The second kappa shape index (κ2) is 8.36. The standard InChI is InChI=1S/C28H20N2O2/c31-19-20-16-17-25(32)24(18-20)28-29-26(21-10-4-1-5-11-21)27(22-12-6-2-7-13-22)30(28)23-14-8-3-9-15-23/h1-19,32H. The van der Waals surface area contributed by atoms with Gasteiger partial charge in [-0.15, -0.1) is 0 Å². The SMILES string of the molecule is O=Cc1ccc(O)c(-c2nc(-c3ccccc3)c(-c3ccccc3)n2-c2ccccc2)c1. The molecular weight excluding hydrogens is 396 g/mol. The molecule has 1 heterocycles. The highest BCUT2D eigenvalue weighted by molar-refractivity contribution is 5.86. The number of carbonyl (C=O) groups excluding carboxylic acids is 1. The molecule has 1 aromatic heterocycles. The van der Waals surface area contributed by atoms with Crippen molar-refractivity contribution in [2.24, 2.45) is 0 Å². The first-order valence-electron chi connectivity index (χ1n) is 10.3. The molecule has 0 radical (unpaired) electrons. The van der Waals surface area contributed by atoms with E-state index in [0.717, 1.165) is 34.5 Å². The molecule has 0 aliphatic heterocycles. The average Bonchev–Trinajstić information content (AvgIpc) is 3.26. The molecule has 0 spiro atoms. The van der Waals surface area contributed by atoms with Gasteiger partial charge in [0.2, 0.25) is 0 Å². The first kappa shape index (κ1) is 19.5. The number of aromatic hydroxyl groups is 1. The predicted molar refractivity (Wildman–Crippen MR) is 127 cm³/mol. The van der Waals surface area contributed by atoms with Gasteiger partial charge in [-0.1, -0.05) is 78.9 Å². The fourth-order valence-electron chi connectivity index (χ4n) is 3.89. The van der Waals surface area contributed by atoms with Crippen LogP contribution in [0.15, 0.2) is 109 Å². The Morgan fingerprint density at radius 1 is 0.719 bits per heavy atom. The van der Waals surface area contributed by atoms with Gasteiger partial charge in [0.15, 0.2) is 0 Å². The second-order valence-electron chi connectivity index (χ2n) is 7.43. The quantitative estimate of drug-likeness (QED) is 0.338. The van der Waals surface area contributed by atoms with Crippen molar-refractivity contribution in [1.29, 1.82) is 0 Å². The van der Waals surface area contributed by atoms with Gasteiger partial charge in [0.25, 0.3) is 0 Å². The van der Waals surface area contributed by atoms with Gasteiger partial charge in [-0.3, -0.25) is 9.36 Å². The van der Waals surface area contributed by atoms with Crippen LogP contribution in [0.3, 0.4) is 0 Å². The van der Waals surface area contributed by atoms with Crippen LogP contribution in [0.25, 0.3) is 39.6 Å². The van der Waals surface area contributed by atoms with Crippen molar-refractivity contribution in [1.82, 2.24) is 9.55 Å². The van der Waals surface area contributed by atoms with Crippen LogP contribution in [0.5, 0.6) is 5.75 Å². The van der Waals surface area contributed by atoms with Crippen LogP contribution < -0.4 is 0 Å². The number of aromatic nitrogens is 2. The van der Waals surface area contributed by atoms with E-state index in [2.05, 4.69) is 0 Å². The number of phenols is 1. The molecule has 0 aliphatic rings. The third kappa shape index (κ3) is 3.48. The molecule has 0 bridgehead atoms. The molecule has 0 saturated carbocycles. The van der Waals surface area contributed by atoms with E-state index in [-0.39, 0.29) is 5.75 Å². The smallest absolute Gasteiger partial charge is 0.150 e. The minimum Gasteiger partial charge on any atom is -0.507 e. The van der Waals surface area contributed by atoms with E-state index in [9.17, 15) is 9.90 Å². The Morgan fingerprint density at radius 3 is 1.94 bits per heavy atom. The molecule has 5 aromatic rings. The summed E-state index contributed by atoms with van der Waals surface area (Å²) in [6.07, 6.45) is 0.773. The molecule has 0 unspecified atom stereocenters. The zero-order valence-electron chi connectivity index (χ0n) is 17.2. The van der Waals surface area contributed by atoms with Crippen molar-refractivity contribution in [3.05, 3.63) is 115 Å². The summed E-state index contributed by atoms with van der Waals surface area (Å²) in [5.74, 6) is 0.632. The number of para-hydroxylation sites is 1. The van der Waals surface area contributed by atoms with Gasteiger partial charge >= 0.3 is 0 Å². The van der Waals surface area contributed by atoms with Crippen molar-refractivity contribution in [3.63, 3.8) is 0 Å². The molecular formula is C28H20N2O2. The van der Waals surface area contributed by atoms with Crippen LogP contribution in [-0.2, 0) is 0 Å². The molecule has 0 atom stereocenters. The van der Waals surface area contributed by atoms with Gasteiger partial charge in [0.1, 0.15) is 17.9 Å². The maximum atomic E-state index is 11.5. The molecule has 4 nitrogen and oxygen atoms in total. The number of aldehydes is 1. The summed E-state index contributed by atoms with van der Waals surface area (Å²) in [7, 11) is 0. The van der Waals surface area contributed by atoms with Gasteiger partial charge in [0, 0.05) is 22.4 Å². The average molecular weight is 416 g/mol. The van der Waals surface area contributed by atoms with E-state index in [1.54, 1.807) is 12.1 Å². The zero-order chi connectivity index (χ0) is 21.9. The molecule has 5 rings (SSSR count). The first-order chi connectivity index (χ1) is 15.8. The Balaban J connectivity index is 1.91. The fraction of sp³-hybridized carbons (Fsp3) is 0. The van der Waals surface area contributed by atoms with Gasteiger partial charge in [-0.05, 0) is 30.3 Å². The molecule has 1 N–H and O–H groups in total. The normalized spacial score (nSPS) is 10.8. The predicted octanol–water partition coefficient (Wildman–Crippen LogP) is 6.39. The summed E-state index contributed by atoms with van der Waals surface area (Å²) in [5, 5.41) is 10.7. The number of nitrogens with zero attached hydrogens (tertiary/aromatic N) is 2. The third-order valence-corrected chi connectivity index (χ3v) is 5.38. The maximum absolute atomic E-state index is 11.5. The molecule has 0 saturated heterocycles. The molecule has 0 amide bonds. The number of hydrogen-bond acceptors (Lipinski definition) is 3. The van der Waals surface area contributed by atoms with E-state index < -0.39 is 0 Å². The topological polar surface area (TPSA) is 55.1 Å². The molecule has 32 heavy (non-hydrogen) atoms. The van der Waals surface area contributed by atoms with E-state index in [1.165, 1.54) is 6.07 Å². The highest BCUT2D eigenvalue weighted by Gasteiger charge is 2.23. The van der Waals surface area contributed by atoms with Gasteiger partial charge in [-0.25, -0.2) is 4.98 Å². The van der Waals surface area contributed by atoms with Crippen molar-refractivity contribution in [2.75, 3.05) is 0 Å². The Labute approximate surface area is 186 Å². The Morgan fingerprint density at radius 2 is 1.31 bits per heavy atom. The van der Waals surface area contributed by atoms with E-state index in [1.807, 2.05) is 95.6 Å². The van der Waals surface area contributed by atoms with Crippen LogP contribution in [0, 0.1) is 0 Å². The van der Waals surface area contributed by atoms with Gasteiger partial charge < -0.3 is 5.11 Å². The fourth-order valence-corrected chi connectivity index (χ4v) is 3.89. The lowest BCUT2D eigenvalue weighted by Gasteiger charge is -2.14. The number of carbonyl (C=O) groups is 1.